The van der Waals surface area contributed by atoms with E-state index in [4.69, 9.17) is 4.74 Å². The van der Waals surface area contributed by atoms with Crippen molar-refractivity contribution in [3.8, 4) is 0 Å². The van der Waals surface area contributed by atoms with Crippen LogP contribution in [0, 0.1) is 6.92 Å². The zero-order chi connectivity index (χ0) is 17.1. The van der Waals surface area contributed by atoms with E-state index in [1.54, 1.807) is 37.3 Å². The molecule has 7 nitrogen and oxygen atoms in total. The summed E-state index contributed by atoms with van der Waals surface area (Å²) in [5.41, 5.74) is 0.906. The third-order valence-electron chi connectivity index (χ3n) is 3.58. The lowest BCUT2D eigenvalue weighted by Crippen LogP contribution is -2.18. The molecule has 3 rings (SSSR count). The normalized spacial score (nSPS) is 13.2. The fraction of sp³-hybridized carbons (Fsp3) is 0.294. The lowest BCUT2D eigenvalue weighted by atomic mass is 10.1. The standard InChI is InChI=1S/C17H18N4O3/c1-10-18-14(9-15(19-10)20-11-7-8-11)16(22)21-13-6-4-3-5-12(13)17(23)24-2/h3-6,9,11H,7-8H2,1-2H3,(H,21,22)(H,18,19,20). The van der Waals surface area contributed by atoms with Crippen LogP contribution in [0.2, 0.25) is 0 Å². The number of methoxy groups -OCH3 is 1. The maximum Gasteiger partial charge on any atom is 0.339 e. The second-order valence-corrected chi connectivity index (χ2v) is 5.60. The van der Waals surface area contributed by atoms with Crippen LogP contribution in [0.4, 0.5) is 11.5 Å². The number of benzene rings is 1. The summed E-state index contributed by atoms with van der Waals surface area (Å²) >= 11 is 0. The SMILES string of the molecule is COC(=O)c1ccccc1NC(=O)c1cc(NC2CC2)nc(C)n1. The molecule has 0 saturated heterocycles. The van der Waals surface area contributed by atoms with Crippen molar-refractivity contribution in [1.82, 2.24) is 9.97 Å². The van der Waals surface area contributed by atoms with E-state index in [2.05, 4.69) is 20.6 Å². The lowest BCUT2D eigenvalue weighted by molar-refractivity contribution is 0.0602. The van der Waals surface area contributed by atoms with Crippen LogP contribution in [-0.4, -0.2) is 35.0 Å². The molecule has 2 N–H and O–H groups in total. The number of para-hydroxylation sites is 1. The molecule has 0 bridgehead atoms. The number of anilines is 2. The molecule has 1 amide bonds. The maximum atomic E-state index is 12.5. The highest BCUT2D eigenvalue weighted by Gasteiger charge is 2.22. The number of esters is 1. The topological polar surface area (TPSA) is 93.2 Å². The van der Waals surface area contributed by atoms with Crippen LogP contribution >= 0.6 is 0 Å². The molecule has 1 aliphatic carbocycles. The number of nitrogens with one attached hydrogen (secondary N) is 2. The summed E-state index contributed by atoms with van der Waals surface area (Å²) in [6.07, 6.45) is 2.22. The summed E-state index contributed by atoms with van der Waals surface area (Å²) in [5, 5.41) is 5.96. The largest absolute Gasteiger partial charge is 0.465 e. The van der Waals surface area contributed by atoms with Crippen molar-refractivity contribution in [3.05, 3.63) is 47.4 Å². The van der Waals surface area contributed by atoms with Gasteiger partial charge in [0.25, 0.3) is 5.91 Å². The highest BCUT2D eigenvalue weighted by Crippen LogP contribution is 2.24. The van der Waals surface area contributed by atoms with E-state index >= 15 is 0 Å². The third-order valence-corrected chi connectivity index (χ3v) is 3.58. The number of nitrogens with zero attached hydrogens (tertiary/aromatic N) is 2. The van der Waals surface area contributed by atoms with Gasteiger partial charge in [-0.15, -0.1) is 0 Å². The number of aryl methyl sites for hydroxylation is 1. The van der Waals surface area contributed by atoms with E-state index in [0.717, 1.165) is 12.8 Å². The van der Waals surface area contributed by atoms with Crippen molar-refractivity contribution in [2.24, 2.45) is 0 Å². The van der Waals surface area contributed by atoms with Gasteiger partial charge < -0.3 is 15.4 Å². The number of rotatable bonds is 5. The van der Waals surface area contributed by atoms with Gasteiger partial charge in [0.2, 0.25) is 0 Å². The minimum Gasteiger partial charge on any atom is -0.465 e. The molecule has 1 fully saturated rings. The number of aromatic nitrogens is 2. The second kappa shape index (κ2) is 6.66. The minimum absolute atomic E-state index is 0.241. The Balaban J connectivity index is 1.82. The summed E-state index contributed by atoms with van der Waals surface area (Å²) in [6, 6.07) is 8.70. The number of hydrogen-bond acceptors (Lipinski definition) is 6. The zero-order valence-electron chi connectivity index (χ0n) is 13.5. The fourth-order valence-electron chi connectivity index (χ4n) is 2.26. The number of carbonyl (C=O) groups excluding carboxylic acids is 2. The number of hydrogen-bond donors (Lipinski definition) is 2. The van der Waals surface area contributed by atoms with Crippen LogP contribution in [0.1, 0.15) is 39.5 Å². The van der Waals surface area contributed by atoms with Gasteiger partial charge in [-0.25, -0.2) is 14.8 Å². The van der Waals surface area contributed by atoms with Crippen LogP contribution in [0.5, 0.6) is 0 Å². The van der Waals surface area contributed by atoms with E-state index in [0.29, 0.717) is 23.4 Å². The van der Waals surface area contributed by atoms with Crippen molar-refractivity contribution in [2.75, 3.05) is 17.7 Å². The van der Waals surface area contributed by atoms with Crippen molar-refractivity contribution >= 4 is 23.4 Å². The van der Waals surface area contributed by atoms with Crippen LogP contribution in [0.3, 0.4) is 0 Å². The Kier molecular flexibility index (Phi) is 4.41. The molecule has 1 aromatic heterocycles. The quantitative estimate of drug-likeness (QED) is 0.820. The number of carbonyl (C=O) groups is 2. The zero-order valence-corrected chi connectivity index (χ0v) is 13.5. The van der Waals surface area contributed by atoms with Crippen molar-refractivity contribution in [3.63, 3.8) is 0 Å². The molecule has 1 aliphatic rings. The van der Waals surface area contributed by atoms with Gasteiger partial charge in [0.05, 0.1) is 18.4 Å². The second-order valence-electron chi connectivity index (χ2n) is 5.60. The Morgan fingerprint density at radius 2 is 1.96 bits per heavy atom. The summed E-state index contributed by atoms with van der Waals surface area (Å²) in [7, 11) is 1.30. The summed E-state index contributed by atoms with van der Waals surface area (Å²) in [6.45, 7) is 1.73. The molecule has 124 valence electrons. The molecule has 0 unspecified atom stereocenters. The third kappa shape index (κ3) is 3.68. The Morgan fingerprint density at radius 3 is 2.67 bits per heavy atom. The van der Waals surface area contributed by atoms with Crippen molar-refractivity contribution in [2.45, 2.75) is 25.8 Å². The molecular formula is C17H18N4O3. The maximum absolute atomic E-state index is 12.5. The molecule has 2 aromatic rings. The first-order chi connectivity index (χ1) is 11.6. The summed E-state index contributed by atoms with van der Waals surface area (Å²) in [5.74, 6) is 0.222. The van der Waals surface area contributed by atoms with Crippen LogP contribution < -0.4 is 10.6 Å². The van der Waals surface area contributed by atoms with E-state index in [-0.39, 0.29) is 11.3 Å². The highest BCUT2D eigenvalue weighted by atomic mass is 16.5. The molecule has 0 radical (unpaired) electrons. The van der Waals surface area contributed by atoms with Gasteiger partial charge in [0.1, 0.15) is 17.3 Å². The van der Waals surface area contributed by atoms with Crippen molar-refractivity contribution in [1.29, 1.82) is 0 Å². The van der Waals surface area contributed by atoms with Crippen LogP contribution in [0.15, 0.2) is 30.3 Å². The average Bonchev–Trinajstić information content (AvgIpc) is 3.38. The first-order valence-electron chi connectivity index (χ1n) is 7.67. The van der Waals surface area contributed by atoms with Gasteiger partial charge in [-0.05, 0) is 31.9 Å². The monoisotopic (exact) mass is 326 g/mol. The highest BCUT2D eigenvalue weighted by molar-refractivity contribution is 6.07. The Bertz CT molecular complexity index is 787. The summed E-state index contributed by atoms with van der Waals surface area (Å²) < 4.78 is 4.73. The van der Waals surface area contributed by atoms with Gasteiger partial charge in [-0.3, -0.25) is 4.79 Å². The number of amides is 1. The molecule has 24 heavy (non-hydrogen) atoms. The van der Waals surface area contributed by atoms with Crippen LogP contribution in [-0.2, 0) is 4.74 Å². The predicted octanol–water partition coefficient (Wildman–Crippen LogP) is 2.40. The van der Waals surface area contributed by atoms with E-state index in [1.807, 2.05) is 0 Å². The predicted molar refractivity (Wildman–Crippen MR) is 89.1 cm³/mol. The van der Waals surface area contributed by atoms with Gasteiger partial charge in [0, 0.05) is 12.1 Å². The van der Waals surface area contributed by atoms with E-state index < -0.39 is 11.9 Å². The smallest absolute Gasteiger partial charge is 0.339 e. The molecule has 1 heterocycles. The molecular weight excluding hydrogens is 308 g/mol. The molecule has 7 heteroatoms. The van der Waals surface area contributed by atoms with E-state index in [1.165, 1.54) is 7.11 Å². The van der Waals surface area contributed by atoms with Gasteiger partial charge >= 0.3 is 5.97 Å². The molecule has 0 atom stereocenters. The number of ether oxygens (including phenoxy) is 1. The van der Waals surface area contributed by atoms with Gasteiger partial charge in [-0.1, -0.05) is 12.1 Å². The molecule has 0 spiro atoms. The first kappa shape index (κ1) is 15.9. The lowest BCUT2D eigenvalue weighted by Gasteiger charge is -2.11. The van der Waals surface area contributed by atoms with Crippen molar-refractivity contribution < 1.29 is 14.3 Å². The Labute approximate surface area is 139 Å². The van der Waals surface area contributed by atoms with Gasteiger partial charge in [0.15, 0.2) is 0 Å². The molecule has 0 aliphatic heterocycles. The molecule has 1 saturated carbocycles. The van der Waals surface area contributed by atoms with Gasteiger partial charge in [-0.2, -0.15) is 0 Å². The van der Waals surface area contributed by atoms with E-state index in [9.17, 15) is 9.59 Å². The minimum atomic E-state index is -0.513. The first-order valence-corrected chi connectivity index (χ1v) is 7.67. The Morgan fingerprint density at radius 1 is 1.21 bits per heavy atom. The van der Waals surface area contributed by atoms with Crippen LogP contribution in [0.25, 0.3) is 0 Å². The summed E-state index contributed by atoms with van der Waals surface area (Å²) in [4.78, 5) is 32.7. The fourth-order valence-corrected chi connectivity index (χ4v) is 2.26. The Hall–Kier alpha value is -2.96. The average molecular weight is 326 g/mol. The molecule has 1 aromatic carbocycles.